The van der Waals surface area contributed by atoms with Crippen LogP contribution in [0.4, 0.5) is 0 Å². The quantitative estimate of drug-likeness (QED) is 0.332. The Morgan fingerprint density at radius 2 is 2.09 bits per heavy atom. The molecule has 0 aliphatic carbocycles. The predicted octanol–water partition coefficient (Wildman–Crippen LogP) is 2.38. The van der Waals surface area contributed by atoms with E-state index in [0.717, 1.165) is 24.6 Å². The fraction of sp³-hybridized carbons (Fsp3) is 0.250. The fourth-order valence-corrected chi connectivity index (χ4v) is 1.93. The van der Waals surface area contributed by atoms with E-state index in [-0.39, 0.29) is 24.0 Å². The van der Waals surface area contributed by atoms with Gasteiger partial charge in [-0.3, -0.25) is 4.99 Å². The molecule has 2 N–H and O–H groups in total. The molecule has 0 saturated carbocycles. The number of nitrogens with zero attached hydrogens (tertiary/aromatic N) is 3. The Bertz CT molecular complexity index is 592. The third-order valence-electron chi connectivity index (χ3n) is 3.00. The zero-order valence-electron chi connectivity index (χ0n) is 12.7. The maximum absolute atomic E-state index is 4.38. The third-order valence-corrected chi connectivity index (χ3v) is 3.00. The number of hydrogen-bond donors (Lipinski definition) is 2. The number of benzene rings is 1. The highest BCUT2D eigenvalue weighted by molar-refractivity contribution is 14.0. The third kappa shape index (κ3) is 5.51. The van der Waals surface area contributed by atoms with Crippen molar-refractivity contribution < 1.29 is 0 Å². The van der Waals surface area contributed by atoms with Crippen molar-refractivity contribution in [2.45, 2.75) is 6.42 Å². The largest absolute Gasteiger partial charge is 0.356 e. The first-order valence-electron chi connectivity index (χ1n) is 6.98. The van der Waals surface area contributed by atoms with Crippen LogP contribution < -0.4 is 10.6 Å². The normalized spacial score (nSPS) is 10.7. The molecule has 0 unspecified atom stereocenters. The first-order valence-corrected chi connectivity index (χ1v) is 6.98. The van der Waals surface area contributed by atoms with Gasteiger partial charge in [0.2, 0.25) is 0 Å². The molecule has 0 amide bonds. The SMILES string of the molecule is C=CCNC(=NC)NCCc1cnn(-c2ccccc2)c1.I. The second-order valence-corrected chi connectivity index (χ2v) is 4.55. The standard InChI is InChI=1S/C16H21N5.HI/c1-3-10-18-16(17-2)19-11-9-14-12-20-21(13-14)15-7-5-4-6-8-15;/h3-8,12-13H,1,9-11H2,2H3,(H2,17,18,19);1H. The summed E-state index contributed by atoms with van der Waals surface area (Å²) in [6.07, 6.45) is 6.64. The smallest absolute Gasteiger partial charge is 0.191 e. The van der Waals surface area contributed by atoms with Crippen molar-refractivity contribution in [3.8, 4) is 5.69 Å². The van der Waals surface area contributed by atoms with Crippen molar-refractivity contribution in [1.82, 2.24) is 20.4 Å². The Labute approximate surface area is 148 Å². The summed E-state index contributed by atoms with van der Waals surface area (Å²) in [7, 11) is 1.76. The number of nitrogens with one attached hydrogen (secondary N) is 2. The number of aromatic nitrogens is 2. The molecule has 0 fully saturated rings. The van der Waals surface area contributed by atoms with Gasteiger partial charge in [0.05, 0.1) is 11.9 Å². The highest BCUT2D eigenvalue weighted by Gasteiger charge is 2.01. The number of para-hydroxylation sites is 1. The van der Waals surface area contributed by atoms with Gasteiger partial charge < -0.3 is 10.6 Å². The summed E-state index contributed by atoms with van der Waals surface area (Å²) in [6, 6.07) is 10.1. The van der Waals surface area contributed by atoms with Gasteiger partial charge in [-0.25, -0.2) is 4.68 Å². The lowest BCUT2D eigenvalue weighted by Crippen LogP contribution is -2.38. The molecule has 0 bridgehead atoms. The Morgan fingerprint density at radius 3 is 2.77 bits per heavy atom. The van der Waals surface area contributed by atoms with Gasteiger partial charge in [-0.05, 0) is 24.1 Å². The van der Waals surface area contributed by atoms with Crippen LogP contribution in [0.1, 0.15) is 5.56 Å². The minimum Gasteiger partial charge on any atom is -0.356 e. The molecule has 0 aliphatic heterocycles. The van der Waals surface area contributed by atoms with Crippen LogP contribution in [0.15, 0.2) is 60.4 Å². The molecule has 1 aromatic heterocycles. The molecule has 2 rings (SSSR count). The molecule has 0 atom stereocenters. The van der Waals surface area contributed by atoms with Gasteiger partial charge in [0.1, 0.15) is 0 Å². The topological polar surface area (TPSA) is 54.2 Å². The van der Waals surface area contributed by atoms with E-state index in [1.165, 1.54) is 5.56 Å². The van der Waals surface area contributed by atoms with Gasteiger partial charge in [-0.2, -0.15) is 5.10 Å². The second kappa shape index (κ2) is 9.99. The maximum atomic E-state index is 4.38. The van der Waals surface area contributed by atoms with Crippen LogP contribution in [-0.2, 0) is 6.42 Å². The number of hydrogen-bond acceptors (Lipinski definition) is 2. The van der Waals surface area contributed by atoms with Crippen LogP contribution in [0, 0.1) is 0 Å². The first-order chi connectivity index (χ1) is 10.3. The number of aliphatic imine (C=N–C) groups is 1. The summed E-state index contributed by atoms with van der Waals surface area (Å²) in [5.41, 5.74) is 2.26. The van der Waals surface area contributed by atoms with E-state index in [1.807, 2.05) is 41.2 Å². The predicted molar refractivity (Wildman–Crippen MR) is 102 cm³/mol. The number of rotatable bonds is 6. The van der Waals surface area contributed by atoms with Crippen LogP contribution in [0.2, 0.25) is 0 Å². The van der Waals surface area contributed by atoms with Crippen molar-refractivity contribution in [3.63, 3.8) is 0 Å². The fourth-order valence-electron chi connectivity index (χ4n) is 1.93. The second-order valence-electron chi connectivity index (χ2n) is 4.55. The van der Waals surface area contributed by atoms with E-state index in [1.54, 1.807) is 13.1 Å². The monoisotopic (exact) mass is 411 g/mol. The first kappa shape index (κ1) is 18.2. The van der Waals surface area contributed by atoms with Gasteiger partial charge in [0, 0.05) is 26.3 Å². The molecule has 5 nitrogen and oxygen atoms in total. The summed E-state index contributed by atoms with van der Waals surface area (Å²) in [5, 5.41) is 10.8. The van der Waals surface area contributed by atoms with Crippen molar-refractivity contribution in [3.05, 3.63) is 60.9 Å². The molecule has 1 aromatic carbocycles. The molecule has 0 spiro atoms. The summed E-state index contributed by atoms with van der Waals surface area (Å²) in [5.74, 6) is 0.783. The van der Waals surface area contributed by atoms with Gasteiger partial charge in [0.15, 0.2) is 5.96 Å². The Kier molecular flexibility index (Phi) is 8.27. The van der Waals surface area contributed by atoms with Crippen molar-refractivity contribution in [1.29, 1.82) is 0 Å². The minimum absolute atomic E-state index is 0. The zero-order valence-corrected chi connectivity index (χ0v) is 15.0. The van der Waals surface area contributed by atoms with E-state index in [4.69, 9.17) is 0 Å². The Morgan fingerprint density at radius 1 is 1.32 bits per heavy atom. The van der Waals surface area contributed by atoms with E-state index in [0.29, 0.717) is 6.54 Å². The number of guanidine groups is 1. The molecule has 22 heavy (non-hydrogen) atoms. The van der Waals surface area contributed by atoms with Crippen LogP contribution in [0.25, 0.3) is 5.69 Å². The maximum Gasteiger partial charge on any atom is 0.191 e. The van der Waals surface area contributed by atoms with Crippen LogP contribution in [-0.4, -0.2) is 35.9 Å². The van der Waals surface area contributed by atoms with Crippen molar-refractivity contribution >= 4 is 29.9 Å². The van der Waals surface area contributed by atoms with E-state index in [2.05, 4.69) is 33.5 Å². The zero-order chi connectivity index (χ0) is 14.9. The van der Waals surface area contributed by atoms with E-state index < -0.39 is 0 Å². The Hall–Kier alpha value is -1.83. The summed E-state index contributed by atoms with van der Waals surface area (Å²) >= 11 is 0. The number of halogens is 1. The summed E-state index contributed by atoms with van der Waals surface area (Å²) in [6.45, 7) is 5.17. The van der Waals surface area contributed by atoms with E-state index in [9.17, 15) is 0 Å². The molecule has 0 radical (unpaired) electrons. The molecular formula is C16H22IN5. The Balaban J connectivity index is 0.00000242. The summed E-state index contributed by atoms with van der Waals surface area (Å²) in [4.78, 5) is 4.14. The molecule has 0 aliphatic rings. The molecule has 6 heteroatoms. The van der Waals surface area contributed by atoms with E-state index >= 15 is 0 Å². The van der Waals surface area contributed by atoms with Gasteiger partial charge in [-0.1, -0.05) is 24.3 Å². The molecular weight excluding hydrogens is 389 g/mol. The molecule has 118 valence electrons. The van der Waals surface area contributed by atoms with Crippen LogP contribution in [0.3, 0.4) is 0 Å². The highest BCUT2D eigenvalue weighted by atomic mass is 127. The van der Waals surface area contributed by atoms with Gasteiger partial charge in [0.25, 0.3) is 0 Å². The molecule has 0 saturated heterocycles. The lowest BCUT2D eigenvalue weighted by molar-refractivity contribution is 0.821. The van der Waals surface area contributed by atoms with Gasteiger partial charge in [-0.15, -0.1) is 30.6 Å². The van der Waals surface area contributed by atoms with Gasteiger partial charge >= 0.3 is 0 Å². The highest BCUT2D eigenvalue weighted by Crippen LogP contribution is 2.07. The van der Waals surface area contributed by atoms with Crippen molar-refractivity contribution in [2.75, 3.05) is 20.1 Å². The lowest BCUT2D eigenvalue weighted by atomic mass is 10.2. The van der Waals surface area contributed by atoms with Crippen LogP contribution >= 0.6 is 24.0 Å². The molecule has 2 aromatic rings. The molecule has 1 heterocycles. The average molecular weight is 411 g/mol. The van der Waals surface area contributed by atoms with Crippen LogP contribution in [0.5, 0.6) is 0 Å². The van der Waals surface area contributed by atoms with Crippen molar-refractivity contribution in [2.24, 2.45) is 4.99 Å². The lowest BCUT2D eigenvalue weighted by Gasteiger charge is -2.09. The summed E-state index contributed by atoms with van der Waals surface area (Å²) < 4.78 is 1.89. The minimum atomic E-state index is 0. The average Bonchev–Trinajstić information content (AvgIpc) is 3.00.